The van der Waals surface area contributed by atoms with Crippen molar-refractivity contribution in [3.8, 4) is 11.1 Å². The Morgan fingerprint density at radius 1 is 1.07 bits per heavy atom. The molecule has 0 unspecified atom stereocenters. The van der Waals surface area contributed by atoms with E-state index in [0.29, 0.717) is 0 Å². The van der Waals surface area contributed by atoms with Gasteiger partial charge >= 0.3 is 0 Å². The Morgan fingerprint density at radius 3 is 2.48 bits per heavy atom. The molecule has 1 N–H and O–H groups in total. The standard InChI is InChI=1S/C21H27N5O/c1-3-18-20(17-7-5-4-6-8-17)21-22-16(2)15-19(26(21)23-18)25-11-9-24(10-12-25)13-14-27/h4-8,15,27H,3,9-14H2,1-2H3. The molecule has 0 atom stereocenters. The fourth-order valence-corrected chi connectivity index (χ4v) is 3.88. The van der Waals surface area contributed by atoms with Gasteiger partial charge < -0.3 is 10.0 Å². The summed E-state index contributed by atoms with van der Waals surface area (Å²) in [5.41, 5.74) is 5.34. The van der Waals surface area contributed by atoms with Crippen molar-refractivity contribution in [3.63, 3.8) is 0 Å². The lowest BCUT2D eigenvalue weighted by Crippen LogP contribution is -2.47. The van der Waals surface area contributed by atoms with E-state index in [-0.39, 0.29) is 6.61 Å². The number of piperazine rings is 1. The second-order valence-corrected chi connectivity index (χ2v) is 7.08. The van der Waals surface area contributed by atoms with E-state index in [1.807, 2.05) is 10.6 Å². The molecule has 27 heavy (non-hydrogen) atoms. The van der Waals surface area contributed by atoms with Crippen molar-refractivity contribution in [2.75, 3.05) is 44.2 Å². The van der Waals surface area contributed by atoms with Crippen molar-refractivity contribution in [2.24, 2.45) is 0 Å². The molecule has 0 spiro atoms. The van der Waals surface area contributed by atoms with E-state index in [1.165, 1.54) is 5.56 Å². The zero-order valence-corrected chi connectivity index (χ0v) is 16.1. The van der Waals surface area contributed by atoms with E-state index in [1.54, 1.807) is 0 Å². The van der Waals surface area contributed by atoms with Crippen LogP contribution in [0.3, 0.4) is 0 Å². The molecule has 1 aliphatic heterocycles. The molecular formula is C21H27N5O. The monoisotopic (exact) mass is 365 g/mol. The highest BCUT2D eigenvalue weighted by atomic mass is 16.3. The first-order valence-corrected chi connectivity index (χ1v) is 9.74. The summed E-state index contributed by atoms with van der Waals surface area (Å²) in [5, 5.41) is 14.1. The van der Waals surface area contributed by atoms with Crippen LogP contribution in [0.2, 0.25) is 0 Å². The summed E-state index contributed by atoms with van der Waals surface area (Å²) >= 11 is 0. The van der Waals surface area contributed by atoms with Crippen molar-refractivity contribution < 1.29 is 5.11 Å². The van der Waals surface area contributed by atoms with Gasteiger partial charge in [0, 0.05) is 50.0 Å². The molecule has 4 rings (SSSR count). The van der Waals surface area contributed by atoms with Crippen LogP contribution in [0.1, 0.15) is 18.3 Å². The van der Waals surface area contributed by atoms with Gasteiger partial charge in [-0.2, -0.15) is 9.61 Å². The van der Waals surface area contributed by atoms with E-state index in [2.05, 4.69) is 54.0 Å². The molecule has 6 heteroatoms. The van der Waals surface area contributed by atoms with Crippen LogP contribution >= 0.6 is 0 Å². The number of nitrogens with zero attached hydrogens (tertiary/aromatic N) is 5. The highest BCUT2D eigenvalue weighted by Crippen LogP contribution is 2.31. The minimum absolute atomic E-state index is 0.220. The largest absolute Gasteiger partial charge is 0.395 e. The Balaban J connectivity index is 1.78. The first-order valence-electron chi connectivity index (χ1n) is 9.74. The maximum atomic E-state index is 9.17. The number of hydrogen-bond donors (Lipinski definition) is 1. The molecule has 0 bridgehead atoms. The summed E-state index contributed by atoms with van der Waals surface area (Å²) in [6.45, 7) is 8.94. The predicted molar refractivity (Wildman–Crippen MR) is 108 cm³/mol. The van der Waals surface area contributed by atoms with Gasteiger partial charge in [-0.05, 0) is 18.9 Å². The Kier molecular flexibility index (Phi) is 5.09. The number of rotatable bonds is 5. The molecule has 1 saturated heterocycles. The molecule has 0 radical (unpaired) electrons. The highest BCUT2D eigenvalue weighted by molar-refractivity contribution is 5.81. The van der Waals surface area contributed by atoms with Gasteiger partial charge in [-0.15, -0.1) is 0 Å². The molecule has 142 valence electrons. The number of β-amino-alcohol motifs (C(OH)–C–C–N with tert-alkyl or cyclic N) is 1. The van der Waals surface area contributed by atoms with Crippen LogP contribution in [0.5, 0.6) is 0 Å². The van der Waals surface area contributed by atoms with Gasteiger partial charge in [0.2, 0.25) is 0 Å². The molecule has 0 saturated carbocycles. The zero-order chi connectivity index (χ0) is 18.8. The maximum Gasteiger partial charge on any atom is 0.165 e. The third kappa shape index (κ3) is 3.42. The summed E-state index contributed by atoms with van der Waals surface area (Å²) in [6.07, 6.45) is 0.871. The van der Waals surface area contributed by atoms with E-state index in [4.69, 9.17) is 10.1 Å². The van der Waals surface area contributed by atoms with Crippen molar-refractivity contribution >= 4 is 11.5 Å². The Hall–Kier alpha value is -2.44. The van der Waals surface area contributed by atoms with Crippen molar-refractivity contribution in [1.82, 2.24) is 19.5 Å². The van der Waals surface area contributed by atoms with Crippen LogP contribution in [0.4, 0.5) is 5.82 Å². The van der Waals surface area contributed by atoms with Crippen LogP contribution in [-0.4, -0.2) is 63.9 Å². The van der Waals surface area contributed by atoms with Gasteiger partial charge in [-0.3, -0.25) is 4.90 Å². The van der Waals surface area contributed by atoms with E-state index in [0.717, 1.165) is 67.6 Å². The molecule has 1 aliphatic rings. The summed E-state index contributed by atoms with van der Waals surface area (Å²) < 4.78 is 2.02. The minimum Gasteiger partial charge on any atom is -0.395 e. The molecule has 1 aromatic carbocycles. The van der Waals surface area contributed by atoms with Crippen molar-refractivity contribution in [3.05, 3.63) is 47.8 Å². The lowest BCUT2D eigenvalue weighted by Gasteiger charge is -2.35. The van der Waals surface area contributed by atoms with Gasteiger partial charge in [0.15, 0.2) is 5.65 Å². The number of anilines is 1. The van der Waals surface area contributed by atoms with Crippen LogP contribution in [-0.2, 0) is 6.42 Å². The molecule has 6 nitrogen and oxygen atoms in total. The summed E-state index contributed by atoms with van der Waals surface area (Å²) in [4.78, 5) is 9.54. The average molecular weight is 365 g/mol. The Labute approximate surface area is 160 Å². The van der Waals surface area contributed by atoms with Crippen molar-refractivity contribution in [2.45, 2.75) is 20.3 Å². The van der Waals surface area contributed by atoms with Gasteiger partial charge in [0.1, 0.15) is 5.82 Å². The van der Waals surface area contributed by atoms with Gasteiger partial charge in [-0.25, -0.2) is 4.98 Å². The lowest BCUT2D eigenvalue weighted by molar-refractivity contribution is 0.188. The number of aliphatic hydroxyl groups excluding tert-OH is 1. The molecular weight excluding hydrogens is 338 g/mol. The number of aliphatic hydroxyl groups is 1. The van der Waals surface area contributed by atoms with Crippen LogP contribution in [0.25, 0.3) is 16.8 Å². The number of hydrogen-bond acceptors (Lipinski definition) is 5. The molecule has 0 amide bonds. The quantitative estimate of drug-likeness (QED) is 0.752. The molecule has 1 fully saturated rings. The fraction of sp³-hybridized carbons (Fsp3) is 0.429. The van der Waals surface area contributed by atoms with E-state index >= 15 is 0 Å². The van der Waals surface area contributed by atoms with Gasteiger partial charge in [0.05, 0.1) is 12.3 Å². The molecule has 3 heterocycles. The first kappa shape index (κ1) is 17.9. The predicted octanol–water partition coefficient (Wildman–Crippen LogP) is 2.38. The van der Waals surface area contributed by atoms with Crippen LogP contribution in [0, 0.1) is 6.92 Å². The van der Waals surface area contributed by atoms with Crippen LogP contribution in [0.15, 0.2) is 36.4 Å². The second kappa shape index (κ2) is 7.66. The second-order valence-electron chi connectivity index (χ2n) is 7.08. The fourth-order valence-electron chi connectivity index (χ4n) is 3.88. The molecule has 2 aromatic heterocycles. The van der Waals surface area contributed by atoms with E-state index < -0.39 is 0 Å². The number of aryl methyl sites for hydroxylation is 2. The SMILES string of the molecule is CCc1nn2c(N3CCN(CCO)CC3)cc(C)nc2c1-c1ccccc1. The minimum atomic E-state index is 0.220. The Bertz CT molecular complexity index is 913. The first-order chi connectivity index (χ1) is 13.2. The highest BCUT2D eigenvalue weighted by Gasteiger charge is 2.22. The number of aromatic nitrogens is 3. The Morgan fingerprint density at radius 2 is 1.81 bits per heavy atom. The summed E-state index contributed by atoms with van der Waals surface area (Å²) in [6, 6.07) is 12.6. The molecule has 3 aromatic rings. The van der Waals surface area contributed by atoms with Gasteiger partial charge in [-0.1, -0.05) is 37.3 Å². The van der Waals surface area contributed by atoms with Crippen LogP contribution < -0.4 is 4.90 Å². The smallest absolute Gasteiger partial charge is 0.165 e. The molecule has 0 aliphatic carbocycles. The third-order valence-electron chi connectivity index (χ3n) is 5.28. The van der Waals surface area contributed by atoms with E-state index in [9.17, 15) is 5.11 Å². The average Bonchev–Trinajstić information content (AvgIpc) is 3.07. The maximum absolute atomic E-state index is 9.17. The zero-order valence-electron chi connectivity index (χ0n) is 16.1. The number of benzene rings is 1. The van der Waals surface area contributed by atoms with Gasteiger partial charge in [0.25, 0.3) is 0 Å². The third-order valence-corrected chi connectivity index (χ3v) is 5.28. The summed E-state index contributed by atoms with van der Waals surface area (Å²) in [5.74, 6) is 1.11. The lowest BCUT2D eigenvalue weighted by atomic mass is 10.0. The summed E-state index contributed by atoms with van der Waals surface area (Å²) in [7, 11) is 0. The topological polar surface area (TPSA) is 56.9 Å². The van der Waals surface area contributed by atoms with Crippen molar-refractivity contribution in [1.29, 1.82) is 0 Å². The normalized spacial score (nSPS) is 15.6. The number of fused-ring (bicyclic) bond motifs is 1.